The molecule has 0 atom stereocenters. The van der Waals surface area contributed by atoms with Crippen LogP contribution in [0.3, 0.4) is 0 Å². The normalized spacial score (nSPS) is 10.6. The summed E-state index contributed by atoms with van der Waals surface area (Å²) in [6, 6.07) is 5.94. The molecule has 1 rings (SSSR count). The van der Waals surface area contributed by atoms with Gasteiger partial charge < -0.3 is 5.32 Å². The fourth-order valence-electron chi connectivity index (χ4n) is 1.98. The van der Waals surface area contributed by atoms with Gasteiger partial charge in [0.2, 0.25) is 0 Å². The van der Waals surface area contributed by atoms with Crippen LogP contribution in [-0.2, 0) is 0 Å². The van der Waals surface area contributed by atoms with Gasteiger partial charge in [-0.25, -0.2) is 0 Å². The second-order valence-electron chi connectivity index (χ2n) is 4.71. The van der Waals surface area contributed by atoms with Crippen molar-refractivity contribution in [3.8, 4) is 0 Å². The maximum atomic E-state index is 12.0. The summed E-state index contributed by atoms with van der Waals surface area (Å²) in [5.74, 6) is 0.638. The molecule has 0 aromatic heterocycles. The quantitative estimate of drug-likeness (QED) is 0.829. The van der Waals surface area contributed by atoms with E-state index in [2.05, 4.69) is 19.2 Å². The van der Waals surface area contributed by atoms with Gasteiger partial charge in [0.1, 0.15) is 0 Å². The van der Waals surface area contributed by atoms with Crippen LogP contribution in [0.15, 0.2) is 18.2 Å². The minimum Gasteiger partial charge on any atom is -0.352 e. The first-order chi connectivity index (χ1) is 8.08. The lowest BCUT2D eigenvalue weighted by Gasteiger charge is -2.14. The van der Waals surface area contributed by atoms with Gasteiger partial charge >= 0.3 is 0 Å². The van der Waals surface area contributed by atoms with Crippen LogP contribution in [-0.4, -0.2) is 12.5 Å². The molecule has 1 N–H and O–H groups in total. The van der Waals surface area contributed by atoms with E-state index in [0.29, 0.717) is 5.92 Å². The summed E-state index contributed by atoms with van der Waals surface area (Å²) in [6.45, 7) is 9.13. The highest BCUT2D eigenvalue weighted by atomic mass is 16.1. The third-order valence-electron chi connectivity index (χ3n) is 3.33. The van der Waals surface area contributed by atoms with Crippen LogP contribution in [0.4, 0.5) is 0 Å². The van der Waals surface area contributed by atoms with Crippen molar-refractivity contribution in [2.45, 2.75) is 40.5 Å². The summed E-state index contributed by atoms with van der Waals surface area (Å²) in [4.78, 5) is 12.0. The average Bonchev–Trinajstić information content (AvgIpc) is 2.30. The largest absolute Gasteiger partial charge is 0.352 e. The molecule has 0 saturated carbocycles. The Kier molecular flexibility index (Phi) is 5.20. The Labute approximate surface area is 104 Å². The third-order valence-corrected chi connectivity index (χ3v) is 3.33. The summed E-state index contributed by atoms with van der Waals surface area (Å²) >= 11 is 0. The Hall–Kier alpha value is -1.31. The predicted molar refractivity (Wildman–Crippen MR) is 72.3 cm³/mol. The molecule has 0 aliphatic rings. The molecule has 0 heterocycles. The highest BCUT2D eigenvalue weighted by Crippen LogP contribution is 2.11. The van der Waals surface area contributed by atoms with Crippen molar-refractivity contribution >= 4 is 5.91 Å². The molecule has 0 spiro atoms. The molecule has 2 heteroatoms. The van der Waals surface area contributed by atoms with Crippen LogP contribution < -0.4 is 5.32 Å². The number of hydrogen-bond donors (Lipinski definition) is 1. The molecular formula is C15H23NO. The Balaban J connectivity index is 2.64. The third kappa shape index (κ3) is 3.88. The van der Waals surface area contributed by atoms with E-state index in [1.807, 2.05) is 32.0 Å². The van der Waals surface area contributed by atoms with Crippen molar-refractivity contribution in [3.05, 3.63) is 34.9 Å². The minimum atomic E-state index is 0.0504. The fraction of sp³-hybridized carbons (Fsp3) is 0.533. The van der Waals surface area contributed by atoms with Gasteiger partial charge in [0, 0.05) is 12.1 Å². The van der Waals surface area contributed by atoms with Crippen LogP contribution in [0, 0.1) is 19.8 Å². The molecule has 0 radical (unpaired) electrons. The number of carbonyl (C=O) groups is 1. The summed E-state index contributed by atoms with van der Waals surface area (Å²) in [5, 5.41) is 3.02. The molecule has 2 nitrogen and oxygen atoms in total. The van der Waals surface area contributed by atoms with Gasteiger partial charge in [-0.2, -0.15) is 0 Å². The maximum Gasteiger partial charge on any atom is 0.251 e. The lowest BCUT2D eigenvalue weighted by molar-refractivity contribution is 0.0946. The first-order valence-electron chi connectivity index (χ1n) is 6.43. The van der Waals surface area contributed by atoms with E-state index in [0.717, 1.165) is 30.5 Å². The molecule has 0 unspecified atom stereocenters. The number of nitrogens with one attached hydrogen (secondary N) is 1. The smallest absolute Gasteiger partial charge is 0.251 e. The van der Waals surface area contributed by atoms with Gasteiger partial charge in [-0.05, 0) is 31.4 Å². The highest BCUT2D eigenvalue weighted by molar-refractivity contribution is 5.95. The molecule has 0 fully saturated rings. The van der Waals surface area contributed by atoms with Gasteiger partial charge in [0.05, 0.1) is 0 Å². The summed E-state index contributed by atoms with van der Waals surface area (Å²) in [6.07, 6.45) is 2.23. The zero-order valence-corrected chi connectivity index (χ0v) is 11.3. The summed E-state index contributed by atoms with van der Waals surface area (Å²) in [7, 11) is 0. The predicted octanol–water partition coefficient (Wildman–Crippen LogP) is 3.47. The number of benzene rings is 1. The zero-order valence-electron chi connectivity index (χ0n) is 11.3. The van der Waals surface area contributed by atoms with E-state index in [-0.39, 0.29) is 5.91 Å². The second kappa shape index (κ2) is 6.43. The van der Waals surface area contributed by atoms with Gasteiger partial charge in [0.25, 0.3) is 5.91 Å². The first kappa shape index (κ1) is 13.8. The molecular weight excluding hydrogens is 210 g/mol. The molecule has 0 aliphatic carbocycles. The number of rotatable bonds is 5. The molecule has 17 heavy (non-hydrogen) atoms. The Bertz CT molecular complexity index is 381. The van der Waals surface area contributed by atoms with E-state index in [1.165, 1.54) is 5.56 Å². The molecule has 1 aromatic rings. The Morgan fingerprint density at radius 2 is 1.88 bits per heavy atom. The van der Waals surface area contributed by atoms with Gasteiger partial charge in [-0.3, -0.25) is 4.79 Å². The van der Waals surface area contributed by atoms with E-state index in [1.54, 1.807) is 0 Å². The monoisotopic (exact) mass is 233 g/mol. The van der Waals surface area contributed by atoms with Crippen molar-refractivity contribution < 1.29 is 4.79 Å². The maximum absolute atomic E-state index is 12.0. The average molecular weight is 233 g/mol. The number of aryl methyl sites for hydroxylation is 2. The lowest BCUT2D eigenvalue weighted by atomic mass is 10.0. The van der Waals surface area contributed by atoms with Crippen LogP contribution >= 0.6 is 0 Å². The Morgan fingerprint density at radius 1 is 1.24 bits per heavy atom. The molecule has 1 amide bonds. The van der Waals surface area contributed by atoms with Crippen LogP contribution in [0.1, 0.15) is 48.2 Å². The van der Waals surface area contributed by atoms with E-state index in [9.17, 15) is 4.79 Å². The fourth-order valence-corrected chi connectivity index (χ4v) is 1.98. The molecule has 0 bridgehead atoms. The number of carbonyl (C=O) groups excluding carboxylic acids is 1. The van der Waals surface area contributed by atoms with Gasteiger partial charge in [0.15, 0.2) is 0 Å². The highest BCUT2D eigenvalue weighted by Gasteiger charge is 2.10. The van der Waals surface area contributed by atoms with Crippen molar-refractivity contribution in [1.29, 1.82) is 0 Å². The molecule has 94 valence electrons. The topological polar surface area (TPSA) is 29.1 Å². The molecule has 0 aliphatic heterocycles. The number of hydrogen-bond acceptors (Lipinski definition) is 1. The van der Waals surface area contributed by atoms with Crippen LogP contribution in [0.5, 0.6) is 0 Å². The molecule has 0 saturated heterocycles. The summed E-state index contributed by atoms with van der Waals surface area (Å²) < 4.78 is 0. The van der Waals surface area contributed by atoms with Crippen molar-refractivity contribution in [2.75, 3.05) is 6.54 Å². The molecule has 1 aromatic carbocycles. The van der Waals surface area contributed by atoms with E-state index in [4.69, 9.17) is 0 Å². The Morgan fingerprint density at radius 3 is 2.41 bits per heavy atom. The van der Waals surface area contributed by atoms with Crippen LogP contribution in [0.2, 0.25) is 0 Å². The van der Waals surface area contributed by atoms with E-state index >= 15 is 0 Å². The van der Waals surface area contributed by atoms with E-state index < -0.39 is 0 Å². The minimum absolute atomic E-state index is 0.0504. The first-order valence-corrected chi connectivity index (χ1v) is 6.43. The zero-order chi connectivity index (χ0) is 12.8. The lowest BCUT2D eigenvalue weighted by Crippen LogP contribution is -2.29. The van der Waals surface area contributed by atoms with Crippen molar-refractivity contribution in [3.63, 3.8) is 0 Å². The number of amides is 1. The van der Waals surface area contributed by atoms with Crippen LogP contribution in [0.25, 0.3) is 0 Å². The standard InChI is InChI=1S/C15H23NO/c1-5-13(6-2)10-16-15(17)14-8-7-11(3)9-12(14)4/h7-9,13H,5-6,10H2,1-4H3,(H,16,17). The second-order valence-corrected chi connectivity index (χ2v) is 4.71. The van der Waals surface area contributed by atoms with Crippen molar-refractivity contribution in [1.82, 2.24) is 5.32 Å². The van der Waals surface area contributed by atoms with Gasteiger partial charge in [-0.1, -0.05) is 44.4 Å². The van der Waals surface area contributed by atoms with Gasteiger partial charge in [-0.15, -0.1) is 0 Å². The SMILES string of the molecule is CCC(CC)CNC(=O)c1ccc(C)cc1C. The summed E-state index contributed by atoms with van der Waals surface area (Å²) in [5.41, 5.74) is 3.03. The van der Waals surface area contributed by atoms with Crippen molar-refractivity contribution in [2.24, 2.45) is 5.92 Å².